The van der Waals surface area contributed by atoms with E-state index in [4.69, 9.17) is 10.2 Å². The zero-order valence-corrected chi connectivity index (χ0v) is 16.1. The third-order valence-corrected chi connectivity index (χ3v) is 8.62. The predicted molar refractivity (Wildman–Crippen MR) is 105 cm³/mol. The van der Waals surface area contributed by atoms with Crippen molar-refractivity contribution in [2.45, 2.75) is 81.1 Å². The Bertz CT molecular complexity index is 852. The first-order valence-corrected chi connectivity index (χ1v) is 11.3. The lowest BCUT2D eigenvalue weighted by molar-refractivity contribution is -0.0113. The SMILES string of the molecule is c1ccc(C2(c3nnc(C45CC6CC(CC(C6)C4)C5)n3C3CC3)CC2)cc1. The molecule has 6 aliphatic carbocycles. The van der Waals surface area contributed by atoms with Gasteiger partial charge in [0.15, 0.2) is 0 Å². The van der Waals surface area contributed by atoms with E-state index in [2.05, 4.69) is 34.9 Å². The smallest absolute Gasteiger partial charge is 0.143 e. The second kappa shape index (κ2) is 5.04. The Labute approximate surface area is 161 Å². The van der Waals surface area contributed by atoms with Gasteiger partial charge >= 0.3 is 0 Å². The number of nitrogens with zero attached hydrogens (tertiary/aromatic N) is 3. The Morgan fingerprint density at radius 2 is 1.37 bits per heavy atom. The molecule has 0 aliphatic heterocycles. The van der Waals surface area contributed by atoms with E-state index in [-0.39, 0.29) is 5.41 Å². The van der Waals surface area contributed by atoms with Gasteiger partial charge in [-0.15, -0.1) is 10.2 Å². The van der Waals surface area contributed by atoms with Crippen LogP contribution in [0, 0.1) is 17.8 Å². The number of hydrogen-bond acceptors (Lipinski definition) is 2. The molecule has 0 saturated heterocycles. The molecule has 4 bridgehead atoms. The highest BCUT2D eigenvalue weighted by molar-refractivity contribution is 5.40. The van der Waals surface area contributed by atoms with Crippen LogP contribution in [0.1, 0.15) is 87.5 Å². The average molecular weight is 360 g/mol. The van der Waals surface area contributed by atoms with E-state index in [0.717, 1.165) is 17.8 Å². The summed E-state index contributed by atoms with van der Waals surface area (Å²) in [5.74, 6) is 5.61. The van der Waals surface area contributed by atoms with E-state index in [1.165, 1.54) is 81.4 Å². The fourth-order valence-electron chi connectivity index (χ4n) is 7.57. The lowest BCUT2D eigenvalue weighted by Crippen LogP contribution is -2.49. The molecule has 0 radical (unpaired) electrons. The molecule has 0 N–H and O–H groups in total. The van der Waals surface area contributed by atoms with Crippen molar-refractivity contribution in [3.63, 3.8) is 0 Å². The molecule has 1 aromatic heterocycles. The molecular weight excluding hydrogens is 330 g/mol. The summed E-state index contributed by atoms with van der Waals surface area (Å²) >= 11 is 0. The maximum Gasteiger partial charge on any atom is 0.143 e. The zero-order valence-electron chi connectivity index (χ0n) is 16.1. The molecule has 2 aromatic rings. The second-order valence-corrected chi connectivity index (χ2v) is 10.6. The fourth-order valence-corrected chi connectivity index (χ4v) is 7.57. The molecule has 0 unspecified atom stereocenters. The molecule has 3 heteroatoms. The lowest BCUT2D eigenvalue weighted by Gasteiger charge is -2.56. The van der Waals surface area contributed by atoms with E-state index < -0.39 is 0 Å². The molecule has 6 aliphatic rings. The maximum atomic E-state index is 5.01. The van der Waals surface area contributed by atoms with Crippen molar-refractivity contribution < 1.29 is 0 Å². The Morgan fingerprint density at radius 1 is 0.778 bits per heavy atom. The van der Waals surface area contributed by atoms with Crippen LogP contribution in [-0.4, -0.2) is 14.8 Å². The first-order chi connectivity index (χ1) is 13.3. The third-order valence-electron chi connectivity index (χ3n) is 8.62. The van der Waals surface area contributed by atoms with E-state index in [1.54, 1.807) is 0 Å². The molecule has 1 aromatic carbocycles. The van der Waals surface area contributed by atoms with Crippen LogP contribution in [0.4, 0.5) is 0 Å². The summed E-state index contributed by atoms with van der Waals surface area (Å²) in [6.07, 6.45) is 13.8. The van der Waals surface area contributed by atoms with Gasteiger partial charge < -0.3 is 4.57 Å². The summed E-state index contributed by atoms with van der Waals surface area (Å²) in [5.41, 5.74) is 1.96. The molecule has 6 saturated carbocycles. The Kier molecular flexibility index (Phi) is 2.86. The number of hydrogen-bond donors (Lipinski definition) is 0. The minimum atomic E-state index is 0.150. The quantitative estimate of drug-likeness (QED) is 0.755. The Morgan fingerprint density at radius 3 is 1.93 bits per heavy atom. The van der Waals surface area contributed by atoms with Gasteiger partial charge in [0.2, 0.25) is 0 Å². The van der Waals surface area contributed by atoms with Crippen LogP contribution < -0.4 is 0 Å². The van der Waals surface area contributed by atoms with Crippen LogP contribution in [0.25, 0.3) is 0 Å². The highest BCUT2D eigenvalue weighted by Crippen LogP contribution is 2.62. The van der Waals surface area contributed by atoms with Crippen LogP contribution in [-0.2, 0) is 10.8 Å². The molecule has 0 amide bonds. The highest BCUT2D eigenvalue weighted by atomic mass is 15.3. The summed E-state index contributed by atoms with van der Waals surface area (Å²) in [6.45, 7) is 0. The van der Waals surface area contributed by atoms with Crippen LogP contribution in [0.3, 0.4) is 0 Å². The summed E-state index contributed by atoms with van der Waals surface area (Å²) < 4.78 is 2.69. The largest absolute Gasteiger partial charge is 0.311 e. The molecule has 8 rings (SSSR count). The molecule has 0 atom stereocenters. The van der Waals surface area contributed by atoms with Crippen molar-refractivity contribution in [3.8, 4) is 0 Å². The first kappa shape index (κ1) is 15.3. The maximum absolute atomic E-state index is 5.01. The van der Waals surface area contributed by atoms with E-state index in [0.29, 0.717) is 11.5 Å². The van der Waals surface area contributed by atoms with Gasteiger partial charge in [-0.05, 0) is 87.5 Å². The minimum absolute atomic E-state index is 0.150. The van der Waals surface area contributed by atoms with Gasteiger partial charge in [0, 0.05) is 11.5 Å². The molecule has 0 spiro atoms. The summed E-state index contributed by atoms with van der Waals surface area (Å²) in [7, 11) is 0. The zero-order chi connectivity index (χ0) is 17.6. The van der Waals surface area contributed by atoms with Crippen molar-refractivity contribution in [1.82, 2.24) is 14.8 Å². The summed E-state index contributed by atoms with van der Waals surface area (Å²) in [4.78, 5) is 0. The normalized spacial score (nSPS) is 38.3. The van der Waals surface area contributed by atoms with Crippen molar-refractivity contribution >= 4 is 0 Å². The first-order valence-electron chi connectivity index (χ1n) is 11.3. The third kappa shape index (κ3) is 2.09. The van der Waals surface area contributed by atoms with Crippen LogP contribution >= 0.6 is 0 Å². The van der Waals surface area contributed by atoms with Gasteiger partial charge in [-0.25, -0.2) is 0 Å². The van der Waals surface area contributed by atoms with Gasteiger partial charge in [0.05, 0.1) is 5.41 Å². The number of benzene rings is 1. The number of rotatable bonds is 4. The van der Waals surface area contributed by atoms with Crippen LogP contribution in [0.15, 0.2) is 30.3 Å². The lowest BCUT2D eigenvalue weighted by atomic mass is 9.49. The van der Waals surface area contributed by atoms with Gasteiger partial charge in [-0.3, -0.25) is 0 Å². The van der Waals surface area contributed by atoms with Gasteiger partial charge in [-0.1, -0.05) is 30.3 Å². The van der Waals surface area contributed by atoms with E-state index >= 15 is 0 Å². The molecule has 140 valence electrons. The number of aromatic nitrogens is 3. The van der Waals surface area contributed by atoms with E-state index in [1.807, 2.05) is 0 Å². The van der Waals surface area contributed by atoms with Crippen molar-refractivity contribution in [2.75, 3.05) is 0 Å². The highest BCUT2D eigenvalue weighted by Gasteiger charge is 2.57. The Balaban J connectivity index is 1.36. The topological polar surface area (TPSA) is 30.7 Å². The molecule has 3 nitrogen and oxygen atoms in total. The Hall–Kier alpha value is -1.64. The van der Waals surface area contributed by atoms with Gasteiger partial charge in [0.25, 0.3) is 0 Å². The van der Waals surface area contributed by atoms with Gasteiger partial charge in [-0.2, -0.15) is 0 Å². The minimum Gasteiger partial charge on any atom is -0.311 e. The van der Waals surface area contributed by atoms with Crippen molar-refractivity contribution in [1.29, 1.82) is 0 Å². The fraction of sp³-hybridized carbons (Fsp3) is 0.667. The van der Waals surface area contributed by atoms with Crippen molar-refractivity contribution in [3.05, 3.63) is 47.5 Å². The average Bonchev–Trinajstić information content (AvgIpc) is 3.60. The van der Waals surface area contributed by atoms with Crippen LogP contribution in [0.5, 0.6) is 0 Å². The predicted octanol–water partition coefficient (Wildman–Crippen LogP) is 5.16. The standard InChI is InChI=1S/C24H29N3/c1-2-4-19(5-3-1)24(8-9-24)22-26-25-21(27(22)20-6-7-20)23-13-16-10-17(14-23)12-18(11-16)15-23/h1-5,16-18,20H,6-15H2. The van der Waals surface area contributed by atoms with E-state index in [9.17, 15) is 0 Å². The molecule has 1 heterocycles. The molecular formula is C24H29N3. The second-order valence-electron chi connectivity index (χ2n) is 10.6. The molecule has 6 fully saturated rings. The monoisotopic (exact) mass is 359 g/mol. The van der Waals surface area contributed by atoms with Gasteiger partial charge in [0.1, 0.15) is 11.6 Å². The summed E-state index contributed by atoms with van der Waals surface area (Å²) in [6, 6.07) is 11.8. The van der Waals surface area contributed by atoms with Crippen molar-refractivity contribution in [2.24, 2.45) is 17.8 Å². The summed E-state index contributed by atoms with van der Waals surface area (Å²) in [5, 5.41) is 9.97. The molecule has 27 heavy (non-hydrogen) atoms. The van der Waals surface area contributed by atoms with Crippen LogP contribution in [0.2, 0.25) is 0 Å².